The van der Waals surface area contributed by atoms with Crippen LogP contribution in [0.15, 0.2) is 41.4 Å². The Balaban J connectivity index is 1.77. The molecule has 1 aliphatic rings. The van der Waals surface area contributed by atoms with Gasteiger partial charge in [0.1, 0.15) is 11.3 Å². The quantitative estimate of drug-likeness (QED) is 0.745. The summed E-state index contributed by atoms with van der Waals surface area (Å²) in [7, 11) is 0. The van der Waals surface area contributed by atoms with E-state index in [1.54, 1.807) is 17.8 Å². The summed E-state index contributed by atoms with van der Waals surface area (Å²) in [6, 6.07) is 9.58. The summed E-state index contributed by atoms with van der Waals surface area (Å²) >= 11 is 7.67. The average Bonchev–Trinajstić information content (AvgIpc) is 2.65. The molecule has 1 aromatic heterocycles. The largest absolute Gasteiger partial charge is 0.438 e. The number of thioether (sulfide) groups is 1. The third-order valence-corrected chi connectivity index (χ3v) is 5.36. The Morgan fingerprint density at radius 2 is 2.08 bits per heavy atom. The summed E-state index contributed by atoms with van der Waals surface area (Å²) in [5, 5.41) is 3.45. The number of nitrogens with zero attached hydrogens (tertiary/aromatic N) is 1. The maximum atomic E-state index is 12.8. The Labute approximate surface area is 162 Å². The highest BCUT2D eigenvalue weighted by Crippen LogP contribution is 2.28. The van der Waals surface area contributed by atoms with Gasteiger partial charge in [-0.3, -0.25) is 4.79 Å². The maximum Gasteiger partial charge on any atom is 0.257 e. The number of nitrogens with two attached hydrogens (primary N) is 1. The molecule has 1 fully saturated rings. The number of carbonyl (C=O) groups excluding carboxylic acids is 1. The van der Waals surface area contributed by atoms with Crippen LogP contribution in [0.3, 0.4) is 0 Å². The summed E-state index contributed by atoms with van der Waals surface area (Å²) in [5.41, 5.74) is 6.27. The molecule has 1 aromatic carbocycles. The summed E-state index contributed by atoms with van der Waals surface area (Å²) < 4.78 is 5.87. The average molecular weight is 392 g/mol. The third kappa shape index (κ3) is 4.90. The van der Waals surface area contributed by atoms with Gasteiger partial charge in [-0.15, -0.1) is 11.8 Å². The fraction of sp³-hybridized carbons (Fsp3) is 0.368. The second-order valence-corrected chi connectivity index (χ2v) is 7.69. The van der Waals surface area contributed by atoms with E-state index in [1.807, 2.05) is 30.5 Å². The molecule has 1 amide bonds. The van der Waals surface area contributed by atoms with Crippen molar-refractivity contribution in [3.8, 4) is 11.6 Å². The molecule has 0 spiro atoms. The van der Waals surface area contributed by atoms with Crippen molar-refractivity contribution >= 4 is 29.3 Å². The van der Waals surface area contributed by atoms with Crippen LogP contribution in [-0.2, 0) is 0 Å². The molecular weight excluding hydrogens is 370 g/mol. The van der Waals surface area contributed by atoms with Crippen LogP contribution >= 0.6 is 23.4 Å². The van der Waals surface area contributed by atoms with Gasteiger partial charge in [-0.2, -0.15) is 0 Å². The van der Waals surface area contributed by atoms with Crippen LogP contribution in [0.1, 0.15) is 36.0 Å². The fourth-order valence-corrected chi connectivity index (χ4v) is 3.58. The minimum absolute atomic E-state index is 0.119. The first-order valence-electron chi connectivity index (χ1n) is 8.59. The molecule has 0 atom stereocenters. The lowest BCUT2D eigenvalue weighted by Gasteiger charge is -2.27. The van der Waals surface area contributed by atoms with Gasteiger partial charge in [0.15, 0.2) is 0 Å². The van der Waals surface area contributed by atoms with Crippen molar-refractivity contribution in [2.45, 2.75) is 42.7 Å². The zero-order valence-corrected chi connectivity index (χ0v) is 16.1. The highest BCUT2D eigenvalue weighted by atomic mass is 35.5. The Bertz CT molecular complexity index is 779. The number of aromatic nitrogens is 1. The molecule has 2 aromatic rings. The van der Waals surface area contributed by atoms with E-state index in [0.29, 0.717) is 16.3 Å². The number of benzene rings is 1. The maximum absolute atomic E-state index is 12.8. The molecule has 138 valence electrons. The van der Waals surface area contributed by atoms with Crippen molar-refractivity contribution in [1.29, 1.82) is 0 Å². The van der Waals surface area contributed by atoms with Gasteiger partial charge >= 0.3 is 0 Å². The number of rotatable bonds is 5. The van der Waals surface area contributed by atoms with Gasteiger partial charge in [-0.25, -0.2) is 4.98 Å². The zero-order chi connectivity index (χ0) is 18.5. The molecule has 1 aliphatic carbocycles. The van der Waals surface area contributed by atoms with Crippen molar-refractivity contribution in [2.75, 3.05) is 6.26 Å². The summed E-state index contributed by atoms with van der Waals surface area (Å²) in [4.78, 5) is 18.0. The van der Waals surface area contributed by atoms with E-state index in [1.165, 1.54) is 6.20 Å². The predicted octanol–water partition coefficient (Wildman–Crippen LogP) is 4.25. The molecule has 7 heteroatoms. The smallest absolute Gasteiger partial charge is 0.257 e. The Morgan fingerprint density at radius 1 is 1.31 bits per heavy atom. The van der Waals surface area contributed by atoms with E-state index >= 15 is 0 Å². The molecule has 3 rings (SSSR count). The van der Waals surface area contributed by atoms with Crippen molar-refractivity contribution in [3.63, 3.8) is 0 Å². The van der Waals surface area contributed by atoms with Gasteiger partial charge in [0.2, 0.25) is 5.88 Å². The van der Waals surface area contributed by atoms with Crippen LogP contribution in [0.5, 0.6) is 11.6 Å². The molecule has 0 radical (unpaired) electrons. The minimum atomic E-state index is -0.225. The van der Waals surface area contributed by atoms with Gasteiger partial charge in [-0.1, -0.05) is 17.7 Å². The SMILES string of the molecule is CSc1cccc(Oc2ncc(Cl)cc2C(=O)NC2CCC(N)CC2)c1. The first-order valence-corrected chi connectivity index (χ1v) is 10.2. The van der Waals surface area contributed by atoms with Gasteiger partial charge in [-0.05, 0) is 56.2 Å². The van der Waals surface area contributed by atoms with Crippen molar-refractivity contribution in [2.24, 2.45) is 5.73 Å². The molecule has 5 nitrogen and oxygen atoms in total. The van der Waals surface area contributed by atoms with E-state index in [2.05, 4.69) is 10.3 Å². The van der Waals surface area contributed by atoms with E-state index in [9.17, 15) is 4.79 Å². The van der Waals surface area contributed by atoms with Crippen molar-refractivity contribution in [3.05, 3.63) is 47.1 Å². The minimum Gasteiger partial charge on any atom is -0.438 e. The standard InChI is InChI=1S/C19H22ClN3O2S/c1-26-16-4-2-3-15(10-16)25-19-17(9-12(20)11-22-19)18(24)23-14-7-5-13(21)6-8-14/h2-4,9-11,13-14H,5-8,21H2,1H3,(H,23,24). The number of nitrogens with one attached hydrogen (secondary N) is 1. The number of amides is 1. The van der Waals surface area contributed by atoms with Gasteiger partial charge in [0.25, 0.3) is 5.91 Å². The van der Waals surface area contributed by atoms with E-state index in [-0.39, 0.29) is 23.9 Å². The molecule has 1 saturated carbocycles. The Morgan fingerprint density at radius 3 is 2.81 bits per heavy atom. The number of carbonyl (C=O) groups is 1. The first kappa shape index (κ1) is 19.0. The topological polar surface area (TPSA) is 77.2 Å². The summed E-state index contributed by atoms with van der Waals surface area (Å²) in [6.45, 7) is 0. The molecule has 0 saturated heterocycles. The van der Waals surface area contributed by atoms with Crippen molar-refractivity contribution < 1.29 is 9.53 Å². The number of halogens is 1. The van der Waals surface area contributed by atoms with Crippen LogP contribution in [0, 0.1) is 0 Å². The van der Waals surface area contributed by atoms with E-state index in [4.69, 9.17) is 22.1 Å². The van der Waals surface area contributed by atoms with Gasteiger partial charge < -0.3 is 15.8 Å². The highest BCUT2D eigenvalue weighted by molar-refractivity contribution is 7.98. The van der Waals surface area contributed by atoms with E-state index in [0.717, 1.165) is 30.6 Å². The number of pyridine rings is 1. The molecule has 0 aliphatic heterocycles. The lowest BCUT2D eigenvalue weighted by molar-refractivity contribution is 0.0923. The number of hydrogen-bond donors (Lipinski definition) is 2. The molecule has 3 N–H and O–H groups in total. The van der Waals surface area contributed by atoms with Gasteiger partial charge in [0.05, 0.1) is 5.02 Å². The van der Waals surface area contributed by atoms with Crippen LogP contribution < -0.4 is 15.8 Å². The molecule has 0 unspecified atom stereocenters. The molecule has 1 heterocycles. The first-order chi connectivity index (χ1) is 12.5. The molecular formula is C19H22ClN3O2S. The Kier molecular flexibility index (Phi) is 6.40. The van der Waals surface area contributed by atoms with Gasteiger partial charge in [0, 0.05) is 23.2 Å². The van der Waals surface area contributed by atoms with Crippen LogP contribution in [0.25, 0.3) is 0 Å². The lowest BCUT2D eigenvalue weighted by atomic mass is 9.91. The summed E-state index contributed by atoms with van der Waals surface area (Å²) in [5.74, 6) is 0.651. The van der Waals surface area contributed by atoms with Crippen LogP contribution in [0.2, 0.25) is 5.02 Å². The zero-order valence-electron chi connectivity index (χ0n) is 14.6. The number of hydrogen-bond acceptors (Lipinski definition) is 5. The monoisotopic (exact) mass is 391 g/mol. The lowest BCUT2D eigenvalue weighted by Crippen LogP contribution is -2.40. The van der Waals surface area contributed by atoms with E-state index < -0.39 is 0 Å². The Hall–Kier alpha value is -1.76. The normalized spacial score (nSPS) is 19.8. The van der Waals surface area contributed by atoms with Crippen molar-refractivity contribution in [1.82, 2.24) is 10.3 Å². The predicted molar refractivity (Wildman–Crippen MR) is 105 cm³/mol. The highest BCUT2D eigenvalue weighted by Gasteiger charge is 2.23. The third-order valence-electron chi connectivity index (χ3n) is 4.43. The molecule has 0 bridgehead atoms. The second kappa shape index (κ2) is 8.75. The fourth-order valence-electron chi connectivity index (χ4n) is 2.97. The molecule has 26 heavy (non-hydrogen) atoms. The second-order valence-electron chi connectivity index (χ2n) is 6.37. The van der Waals surface area contributed by atoms with Crippen LogP contribution in [0.4, 0.5) is 0 Å². The summed E-state index contributed by atoms with van der Waals surface area (Å²) in [6.07, 6.45) is 7.08. The number of ether oxygens (including phenoxy) is 1. The van der Waals surface area contributed by atoms with Crippen LogP contribution in [-0.4, -0.2) is 29.2 Å².